The molecule has 5 nitrogen and oxygen atoms in total. The number of nitrogens with zero attached hydrogens (tertiary/aromatic N) is 2. The van der Waals surface area contributed by atoms with Crippen LogP contribution in [0, 0.1) is 23.2 Å². The zero-order chi connectivity index (χ0) is 18.4. The van der Waals surface area contributed by atoms with E-state index in [1.807, 2.05) is 23.1 Å². The molecule has 1 aliphatic heterocycles. The summed E-state index contributed by atoms with van der Waals surface area (Å²) in [6.45, 7) is 1.18. The first-order valence-electron chi connectivity index (χ1n) is 9.69. The maximum Gasteiger partial charge on any atom is 0.235 e. The lowest BCUT2D eigenvalue weighted by Gasteiger charge is -2.33. The van der Waals surface area contributed by atoms with Gasteiger partial charge in [-0.1, -0.05) is 56.4 Å². The van der Waals surface area contributed by atoms with E-state index in [1.54, 1.807) is 0 Å². The van der Waals surface area contributed by atoms with E-state index in [9.17, 15) is 9.59 Å². The second-order valence-electron chi connectivity index (χ2n) is 7.45. The van der Waals surface area contributed by atoms with Crippen molar-refractivity contribution in [2.75, 3.05) is 13.1 Å². The fraction of sp³-hybridized carbons (Fsp3) is 0.571. The maximum absolute atomic E-state index is 13.2. The molecule has 1 atom stereocenters. The minimum absolute atomic E-state index is 0.0455. The summed E-state index contributed by atoms with van der Waals surface area (Å²) in [6.07, 6.45) is 7.24. The van der Waals surface area contributed by atoms with Crippen molar-refractivity contribution >= 4 is 11.8 Å². The molecule has 0 spiro atoms. The minimum Gasteiger partial charge on any atom is -0.342 e. The monoisotopic (exact) mass is 353 g/mol. The average molecular weight is 353 g/mol. The summed E-state index contributed by atoms with van der Waals surface area (Å²) in [5, 5.41) is 11.4. The summed E-state index contributed by atoms with van der Waals surface area (Å²) < 4.78 is 0. The highest BCUT2D eigenvalue weighted by Gasteiger charge is 2.34. The van der Waals surface area contributed by atoms with E-state index in [0.717, 1.165) is 19.3 Å². The largest absolute Gasteiger partial charge is 0.342 e. The van der Waals surface area contributed by atoms with Gasteiger partial charge in [0, 0.05) is 13.1 Å². The van der Waals surface area contributed by atoms with Crippen molar-refractivity contribution in [3.05, 3.63) is 35.4 Å². The summed E-state index contributed by atoms with van der Waals surface area (Å²) in [6, 6.07) is 10.1. The first-order chi connectivity index (χ1) is 12.7. The van der Waals surface area contributed by atoms with Crippen LogP contribution in [0.3, 0.4) is 0 Å². The molecule has 2 amide bonds. The molecule has 2 aliphatic rings. The highest BCUT2D eigenvalue weighted by Crippen LogP contribution is 2.30. The van der Waals surface area contributed by atoms with Gasteiger partial charge in [0.2, 0.25) is 11.8 Å². The Labute approximate surface area is 155 Å². The third-order valence-electron chi connectivity index (χ3n) is 5.69. The molecule has 138 valence electrons. The lowest BCUT2D eigenvalue weighted by molar-refractivity contribution is -0.143. The van der Waals surface area contributed by atoms with Crippen LogP contribution in [-0.4, -0.2) is 29.8 Å². The number of nitriles is 1. The first kappa shape index (κ1) is 18.4. The van der Waals surface area contributed by atoms with Crippen LogP contribution in [-0.2, 0) is 22.6 Å². The number of hydrogen-bond acceptors (Lipinski definition) is 3. The van der Waals surface area contributed by atoms with Crippen LogP contribution in [0.25, 0.3) is 0 Å². The van der Waals surface area contributed by atoms with Gasteiger partial charge in [0.15, 0.2) is 0 Å². The highest BCUT2D eigenvalue weighted by molar-refractivity contribution is 6.00. The van der Waals surface area contributed by atoms with Crippen molar-refractivity contribution in [3.63, 3.8) is 0 Å². The van der Waals surface area contributed by atoms with Gasteiger partial charge >= 0.3 is 0 Å². The van der Waals surface area contributed by atoms with Crippen molar-refractivity contribution in [1.29, 1.82) is 5.26 Å². The second-order valence-corrected chi connectivity index (χ2v) is 7.45. The molecule has 1 aliphatic carbocycles. The number of rotatable bonds is 5. The fourth-order valence-corrected chi connectivity index (χ4v) is 4.23. The van der Waals surface area contributed by atoms with Crippen LogP contribution in [0.4, 0.5) is 0 Å². The van der Waals surface area contributed by atoms with Gasteiger partial charge in [0.25, 0.3) is 0 Å². The van der Waals surface area contributed by atoms with Gasteiger partial charge in [-0.25, -0.2) is 0 Å². The van der Waals surface area contributed by atoms with Crippen molar-refractivity contribution in [1.82, 2.24) is 10.2 Å². The van der Waals surface area contributed by atoms with Crippen LogP contribution in [0.2, 0.25) is 0 Å². The molecule has 1 unspecified atom stereocenters. The summed E-state index contributed by atoms with van der Waals surface area (Å²) in [4.78, 5) is 27.6. The van der Waals surface area contributed by atoms with Crippen LogP contribution < -0.4 is 5.32 Å². The normalized spacial score (nSPS) is 18.5. The number of amides is 2. The number of carbonyl (C=O) groups is 2. The first-order valence-corrected chi connectivity index (χ1v) is 9.69. The van der Waals surface area contributed by atoms with Gasteiger partial charge in [-0.05, 0) is 29.9 Å². The Morgan fingerprint density at radius 1 is 1.19 bits per heavy atom. The van der Waals surface area contributed by atoms with Crippen LogP contribution in [0.5, 0.6) is 0 Å². The molecule has 1 aromatic carbocycles. The molecular formula is C21H27N3O2. The molecule has 0 radical (unpaired) electrons. The molecule has 0 aromatic heterocycles. The third-order valence-corrected chi connectivity index (χ3v) is 5.69. The van der Waals surface area contributed by atoms with Gasteiger partial charge in [-0.3, -0.25) is 9.59 Å². The summed E-state index contributed by atoms with van der Waals surface area (Å²) in [5.41, 5.74) is 2.45. The lowest BCUT2D eigenvalue weighted by atomic mass is 9.82. The van der Waals surface area contributed by atoms with Crippen molar-refractivity contribution in [3.8, 4) is 6.07 Å². The van der Waals surface area contributed by atoms with E-state index in [0.29, 0.717) is 25.4 Å². The molecule has 3 rings (SSSR count). The van der Waals surface area contributed by atoms with Gasteiger partial charge in [-0.2, -0.15) is 5.26 Å². The molecule has 1 fully saturated rings. The van der Waals surface area contributed by atoms with E-state index in [4.69, 9.17) is 5.26 Å². The Balaban J connectivity index is 1.71. The van der Waals surface area contributed by atoms with Gasteiger partial charge in [-0.15, -0.1) is 0 Å². The quantitative estimate of drug-likeness (QED) is 0.653. The van der Waals surface area contributed by atoms with Crippen molar-refractivity contribution in [2.24, 2.45) is 11.8 Å². The third kappa shape index (κ3) is 4.43. The van der Waals surface area contributed by atoms with Crippen LogP contribution in [0.1, 0.15) is 49.7 Å². The molecule has 1 aromatic rings. The Bertz CT molecular complexity index is 689. The molecule has 5 heteroatoms. The number of fused-ring (bicyclic) bond motifs is 1. The van der Waals surface area contributed by atoms with E-state index >= 15 is 0 Å². The Morgan fingerprint density at radius 3 is 2.65 bits per heavy atom. The zero-order valence-corrected chi connectivity index (χ0v) is 15.2. The average Bonchev–Trinajstić information content (AvgIpc) is 2.70. The smallest absolute Gasteiger partial charge is 0.235 e. The predicted molar refractivity (Wildman–Crippen MR) is 98.9 cm³/mol. The Morgan fingerprint density at radius 2 is 1.92 bits per heavy atom. The van der Waals surface area contributed by atoms with Crippen LogP contribution >= 0.6 is 0 Å². The fourth-order valence-electron chi connectivity index (χ4n) is 4.23. The molecule has 0 saturated heterocycles. The lowest BCUT2D eigenvalue weighted by Crippen LogP contribution is -2.46. The Hall–Kier alpha value is -2.35. The summed E-state index contributed by atoms with van der Waals surface area (Å²) >= 11 is 0. The minimum atomic E-state index is -0.670. The molecule has 0 bridgehead atoms. The standard InChI is InChI=1S/C21H27N3O2/c22-11-12-23-20(25)19(14-16-6-2-1-3-7-16)21(26)24-13-10-17-8-4-5-9-18(17)15-24/h4-5,8-9,16,19H,1-3,6-7,10,12-15H2,(H,23,25). The number of nitrogens with one attached hydrogen (secondary N) is 1. The van der Waals surface area contributed by atoms with E-state index in [-0.39, 0.29) is 18.4 Å². The summed E-state index contributed by atoms with van der Waals surface area (Å²) in [5.74, 6) is -0.610. The zero-order valence-electron chi connectivity index (χ0n) is 15.2. The molecular weight excluding hydrogens is 326 g/mol. The highest BCUT2D eigenvalue weighted by atomic mass is 16.2. The molecule has 1 N–H and O–H groups in total. The topological polar surface area (TPSA) is 73.2 Å². The van der Waals surface area contributed by atoms with E-state index in [1.165, 1.54) is 30.4 Å². The number of carbonyl (C=O) groups excluding carboxylic acids is 2. The Kier molecular flexibility index (Phi) is 6.27. The molecule has 1 heterocycles. The molecule has 1 saturated carbocycles. The second kappa shape index (κ2) is 8.84. The van der Waals surface area contributed by atoms with Gasteiger partial charge < -0.3 is 10.2 Å². The van der Waals surface area contributed by atoms with Crippen molar-refractivity contribution < 1.29 is 9.59 Å². The number of benzene rings is 1. The molecule has 26 heavy (non-hydrogen) atoms. The maximum atomic E-state index is 13.2. The van der Waals surface area contributed by atoms with E-state index < -0.39 is 5.92 Å². The van der Waals surface area contributed by atoms with Crippen molar-refractivity contribution in [2.45, 2.75) is 51.5 Å². The summed E-state index contributed by atoms with van der Waals surface area (Å²) in [7, 11) is 0. The van der Waals surface area contributed by atoms with Gasteiger partial charge in [0.1, 0.15) is 12.5 Å². The van der Waals surface area contributed by atoms with Crippen LogP contribution in [0.15, 0.2) is 24.3 Å². The SMILES string of the molecule is N#CCNC(=O)C(CC1CCCCC1)C(=O)N1CCc2ccccc2C1. The van der Waals surface area contributed by atoms with Gasteiger partial charge in [0.05, 0.1) is 6.07 Å². The predicted octanol–water partition coefficient (Wildman–Crippen LogP) is 2.80. The van der Waals surface area contributed by atoms with E-state index in [2.05, 4.69) is 17.4 Å². The number of hydrogen-bond donors (Lipinski definition) is 1.